The molecule has 1 aliphatic rings. The summed E-state index contributed by atoms with van der Waals surface area (Å²) in [5.41, 5.74) is 8.12. The van der Waals surface area contributed by atoms with Crippen LogP contribution in [0.25, 0.3) is 0 Å². The van der Waals surface area contributed by atoms with Crippen molar-refractivity contribution in [1.82, 2.24) is 4.90 Å². The first-order valence-corrected chi connectivity index (χ1v) is 7.40. The number of hydrogen-bond donors (Lipinski definition) is 1. The number of benzene rings is 1. The van der Waals surface area contributed by atoms with E-state index in [2.05, 4.69) is 18.7 Å². The zero-order valence-electron chi connectivity index (χ0n) is 12.6. The van der Waals surface area contributed by atoms with Crippen LogP contribution in [-0.4, -0.2) is 36.7 Å². The molecule has 1 aliphatic heterocycles. The zero-order chi connectivity index (χ0) is 14.7. The second-order valence-corrected chi connectivity index (χ2v) is 5.66. The van der Waals surface area contributed by atoms with Gasteiger partial charge in [0, 0.05) is 25.2 Å². The quantitative estimate of drug-likeness (QED) is 0.921. The van der Waals surface area contributed by atoms with Gasteiger partial charge in [0.05, 0.1) is 12.7 Å². The minimum Gasteiger partial charge on any atom is -0.376 e. The molecule has 1 heterocycles. The maximum Gasteiger partial charge on any atom is 0.123 e. The van der Waals surface area contributed by atoms with Crippen molar-refractivity contribution in [2.75, 3.05) is 19.7 Å². The molecule has 0 radical (unpaired) electrons. The summed E-state index contributed by atoms with van der Waals surface area (Å²) in [4.78, 5) is 2.43. The lowest BCUT2D eigenvalue weighted by molar-refractivity contribution is -0.0720. The van der Waals surface area contributed by atoms with E-state index >= 15 is 0 Å². The molecule has 0 spiro atoms. The van der Waals surface area contributed by atoms with Gasteiger partial charge in [-0.05, 0) is 43.5 Å². The number of morpholine rings is 1. The molecule has 2 rings (SSSR count). The van der Waals surface area contributed by atoms with E-state index in [-0.39, 0.29) is 18.0 Å². The molecule has 0 aliphatic carbocycles. The highest BCUT2D eigenvalue weighted by Crippen LogP contribution is 2.29. The molecule has 3 nitrogen and oxygen atoms in total. The molecule has 0 bridgehead atoms. The van der Waals surface area contributed by atoms with E-state index in [1.54, 1.807) is 6.07 Å². The molecule has 20 heavy (non-hydrogen) atoms. The lowest BCUT2D eigenvalue weighted by Gasteiger charge is -2.43. The largest absolute Gasteiger partial charge is 0.376 e. The normalized spacial score (nSPS) is 25.6. The molecule has 4 heteroatoms. The first-order chi connectivity index (χ1) is 9.56. The van der Waals surface area contributed by atoms with Crippen LogP contribution in [-0.2, 0) is 4.74 Å². The van der Waals surface area contributed by atoms with E-state index in [1.807, 2.05) is 13.0 Å². The van der Waals surface area contributed by atoms with Crippen LogP contribution in [0.3, 0.4) is 0 Å². The van der Waals surface area contributed by atoms with Gasteiger partial charge in [0.1, 0.15) is 5.82 Å². The molecule has 0 amide bonds. The minimum absolute atomic E-state index is 0.131. The number of aryl methyl sites for hydroxylation is 1. The van der Waals surface area contributed by atoms with E-state index in [0.717, 1.165) is 30.7 Å². The van der Waals surface area contributed by atoms with Crippen molar-refractivity contribution >= 4 is 0 Å². The van der Waals surface area contributed by atoms with Crippen molar-refractivity contribution in [2.45, 2.75) is 45.4 Å². The Balaban J connectivity index is 2.29. The summed E-state index contributed by atoms with van der Waals surface area (Å²) in [6.45, 7) is 8.36. The lowest BCUT2D eigenvalue weighted by Crippen LogP contribution is -2.51. The SMILES string of the molecule is CCC1COC(C)CN1C(CN)c1ccc(F)cc1C. The maximum atomic E-state index is 13.3. The highest BCUT2D eigenvalue weighted by Gasteiger charge is 2.32. The fourth-order valence-corrected chi connectivity index (χ4v) is 3.06. The second kappa shape index (κ2) is 6.66. The summed E-state index contributed by atoms with van der Waals surface area (Å²) in [6, 6.07) is 5.49. The molecular formula is C16H25FN2O. The summed E-state index contributed by atoms with van der Waals surface area (Å²) in [7, 11) is 0. The lowest BCUT2D eigenvalue weighted by atomic mass is 9.96. The molecule has 3 atom stereocenters. The average Bonchev–Trinajstić information content (AvgIpc) is 2.42. The van der Waals surface area contributed by atoms with E-state index in [4.69, 9.17) is 10.5 Å². The van der Waals surface area contributed by atoms with Crippen LogP contribution in [0.5, 0.6) is 0 Å². The molecule has 112 valence electrons. The standard InChI is InChI=1S/C16H25FN2O/c1-4-14-10-20-12(3)9-19(14)16(8-18)15-6-5-13(17)7-11(15)2/h5-7,12,14,16H,4,8-10,18H2,1-3H3. The number of ether oxygens (including phenoxy) is 1. The van der Waals surface area contributed by atoms with E-state index < -0.39 is 0 Å². The van der Waals surface area contributed by atoms with Gasteiger partial charge in [-0.15, -0.1) is 0 Å². The molecule has 0 aromatic heterocycles. The monoisotopic (exact) mass is 280 g/mol. The van der Waals surface area contributed by atoms with Gasteiger partial charge >= 0.3 is 0 Å². The zero-order valence-corrected chi connectivity index (χ0v) is 12.6. The Morgan fingerprint density at radius 2 is 2.25 bits per heavy atom. The third-order valence-corrected chi connectivity index (χ3v) is 4.20. The van der Waals surface area contributed by atoms with E-state index in [1.165, 1.54) is 6.07 Å². The Morgan fingerprint density at radius 3 is 2.85 bits per heavy atom. The van der Waals surface area contributed by atoms with Crippen LogP contribution in [0.4, 0.5) is 4.39 Å². The summed E-state index contributed by atoms with van der Waals surface area (Å²) in [6.07, 6.45) is 1.25. The molecule has 3 unspecified atom stereocenters. The van der Waals surface area contributed by atoms with Crippen molar-refractivity contribution in [3.63, 3.8) is 0 Å². The number of nitrogens with two attached hydrogens (primary N) is 1. The van der Waals surface area contributed by atoms with E-state index in [0.29, 0.717) is 12.6 Å². The first kappa shape index (κ1) is 15.4. The fourth-order valence-electron chi connectivity index (χ4n) is 3.06. The molecule has 1 fully saturated rings. The average molecular weight is 280 g/mol. The number of rotatable bonds is 4. The van der Waals surface area contributed by atoms with Gasteiger partial charge in [-0.25, -0.2) is 4.39 Å². The predicted octanol–water partition coefficient (Wildman–Crippen LogP) is 2.63. The van der Waals surface area contributed by atoms with Crippen molar-refractivity contribution in [3.8, 4) is 0 Å². The third kappa shape index (κ3) is 3.19. The van der Waals surface area contributed by atoms with Gasteiger partial charge in [-0.2, -0.15) is 0 Å². The van der Waals surface area contributed by atoms with Crippen LogP contribution in [0.1, 0.15) is 37.4 Å². The highest BCUT2D eigenvalue weighted by atomic mass is 19.1. The Labute approximate surface area is 120 Å². The molecule has 0 saturated carbocycles. The van der Waals surface area contributed by atoms with Crippen LogP contribution < -0.4 is 5.73 Å². The second-order valence-electron chi connectivity index (χ2n) is 5.66. The summed E-state index contributed by atoms with van der Waals surface area (Å²) < 4.78 is 19.0. The summed E-state index contributed by atoms with van der Waals surface area (Å²) in [5, 5.41) is 0. The van der Waals surface area contributed by atoms with Gasteiger partial charge < -0.3 is 10.5 Å². The van der Waals surface area contributed by atoms with Gasteiger partial charge in [-0.3, -0.25) is 4.90 Å². The summed E-state index contributed by atoms with van der Waals surface area (Å²) >= 11 is 0. The van der Waals surface area contributed by atoms with Gasteiger partial charge in [0.2, 0.25) is 0 Å². The van der Waals surface area contributed by atoms with Gasteiger partial charge in [0.25, 0.3) is 0 Å². The fraction of sp³-hybridized carbons (Fsp3) is 0.625. The van der Waals surface area contributed by atoms with Crippen LogP contribution >= 0.6 is 0 Å². The molecular weight excluding hydrogens is 255 g/mol. The Morgan fingerprint density at radius 1 is 1.50 bits per heavy atom. The third-order valence-electron chi connectivity index (χ3n) is 4.20. The predicted molar refractivity (Wildman–Crippen MR) is 79.1 cm³/mol. The molecule has 1 saturated heterocycles. The maximum absolute atomic E-state index is 13.3. The Bertz CT molecular complexity index is 452. The van der Waals surface area contributed by atoms with Crippen LogP contribution in [0.2, 0.25) is 0 Å². The topological polar surface area (TPSA) is 38.5 Å². The van der Waals surface area contributed by atoms with E-state index in [9.17, 15) is 4.39 Å². The highest BCUT2D eigenvalue weighted by molar-refractivity contribution is 5.30. The molecule has 1 aromatic carbocycles. The number of halogens is 1. The Hall–Kier alpha value is -0.970. The van der Waals surface area contributed by atoms with Gasteiger partial charge in [0.15, 0.2) is 0 Å². The number of hydrogen-bond acceptors (Lipinski definition) is 3. The van der Waals surface area contributed by atoms with Crippen molar-refractivity contribution in [3.05, 3.63) is 35.1 Å². The molecule has 2 N–H and O–H groups in total. The smallest absolute Gasteiger partial charge is 0.123 e. The minimum atomic E-state index is -0.190. The number of nitrogens with zero attached hydrogens (tertiary/aromatic N) is 1. The van der Waals surface area contributed by atoms with Gasteiger partial charge in [-0.1, -0.05) is 13.0 Å². The van der Waals surface area contributed by atoms with Crippen molar-refractivity contribution < 1.29 is 9.13 Å². The van der Waals surface area contributed by atoms with Crippen molar-refractivity contribution in [2.24, 2.45) is 5.73 Å². The molecule has 1 aromatic rings. The van der Waals surface area contributed by atoms with Crippen LogP contribution in [0, 0.1) is 12.7 Å². The first-order valence-electron chi connectivity index (χ1n) is 7.40. The van der Waals surface area contributed by atoms with Crippen LogP contribution in [0.15, 0.2) is 18.2 Å². The summed E-state index contributed by atoms with van der Waals surface area (Å²) in [5.74, 6) is -0.190. The Kier molecular flexibility index (Phi) is 5.13. The van der Waals surface area contributed by atoms with Crippen molar-refractivity contribution in [1.29, 1.82) is 0 Å².